The van der Waals surface area contributed by atoms with Gasteiger partial charge in [-0.25, -0.2) is 4.79 Å². The van der Waals surface area contributed by atoms with E-state index >= 15 is 0 Å². The van der Waals surface area contributed by atoms with Gasteiger partial charge in [-0.05, 0) is 17.7 Å². The molecular weight excluding hydrogens is 409 g/mol. The van der Waals surface area contributed by atoms with Crippen LogP contribution >= 0.6 is 23.2 Å². The number of carboxylic acid groups (broad SMARTS) is 1. The molecule has 1 atom stereocenters. The number of para-hydroxylation sites is 1. The highest BCUT2D eigenvalue weighted by atomic mass is 35.5. The molecule has 0 radical (unpaired) electrons. The number of rotatable bonds is 9. The predicted molar refractivity (Wildman–Crippen MR) is 103 cm³/mol. The summed E-state index contributed by atoms with van der Waals surface area (Å²) in [7, 11) is 0. The van der Waals surface area contributed by atoms with Gasteiger partial charge in [0.25, 0.3) is 0 Å². The number of amides is 1. The van der Waals surface area contributed by atoms with E-state index in [1.807, 2.05) is 6.07 Å². The van der Waals surface area contributed by atoms with Crippen molar-refractivity contribution in [1.82, 2.24) is 5.32 Å². The maximum absolute atomic E-state index is 12.3. The molecule has 1 amide bonds. The third-order valence-electron chi connectivity index (χ3n) is 3.55. The molecule has 0 fully saturated rings. The van der Waals surface area contributed by atoms with Crippen LogP contribution < -0.4 is 10.1 Å². The lowest BCUT2D eigenvalue weighted by atomic mass is 10.1. The number of carbonyl (C=O) groups excluding carboxylic acids is 2. The first-order valence-corrected chi connectivity index (χ1v) is 8.91. The SMILES string of the molecule is O=C(O)C[C@H](NC(=O)OCc1ccccc1)C(=O)COc1c(Cl)cccc1Cl. The number of ether oxygens (including phenoxy) is 2. The fraction of sp³-hybridized carbons (Fsp3) is 0.211. The number of aliphatic carboxylic acids is 1. The molecule has 0 unspecified atom stereocenters. The zero-order valence-corrected chi connectivity index (χ0v) is 16.1. The molecule has 28 heavy (non-hydrogen) atoms. The van der Waals surface area contributed by atoms with Crippen LogP contribution in [0.4, 0.5) is 4.79 Å². The first-order chi connectivity index (χ1) is 13.4. The molecular formula is C19H17Cl2NO6. The molecule has 0 heterocycles. The summed E-state index contributed by atoms with van der Waals surface area (Å²) >= 11 is 11.9. The molecule has 148 valence electrons. The van der Waals surface area contributed by atoms with Crippen LogP contribution in [0.2, 0.25) is 10.0 Å². The third kappa shape index (κ3) is 6.75. The van der Waals surface area contributed by atoms with E-state index in [1.54, 1.807) is 30.3 Å². The van der Waals surface area contributed by atoms with Gasteiger partial charge in [-0.15, -0.1) is 0 Å². The van der Waals surface area contributed by atoms with E-state index in [1.165, 1.54) is 12.1 Å². The molecule has 0 aromatic heterocycles. The Morgan fingerprint density at radius 3 is 2.25 bits per heavy atom. The number of hydrogen-bond donors (Lipinski definition) is 2. The van der Waals surface area contributed by atoms with Crippen molar-refractivity contribution >= 4 is 41.0 Å². The predicted octanol–water partition coefficient (Wildman–Crippen LogP) is 3.71. The van der Waals surface area contributed by atoms with Crippen molar-refractivity contribution in [3.8, 4) is 5.75 Å². The Morgan fingerprint density at radius 2 is 1.64 bits per heavy atom. The van der Waals surface area contributed by atoms with Gasteiger partial charge in [-0.3, -0.25) is 9.59 Å². The lowest BCUT2D eigenvalue weighted by molar-refractivity contribution is -0.139. The normalized spacial score (nSPS) is 11.4. The van der Waals surface area contributed by atoms with Crippen LogP contribution in [-0.2, 0) is 20.9 Å². The number of nitrogens with one attached hydrogen (secondary N) is 1. The molecule has 0 spiro atoms. The van der Waals surface area contributed by atoms with Gasteiger partial charge in [0, 0.05) is 0 Å². The van der Waals surface area contributed by atoms with Crippen molar-refractivity contribution in [2.75, 3.05) is 6.61 Å². The maximum Gasteiger partial charge on any atom is 0.408 e. The fourth-order valence-electron chi connectivity index (χ4n) is 2.19. The molecule has 0 aliphatic heterocycles. The Hall–Kier alpha value is -2.77. The van der Waals surface area contributed by atoms with Gasteiger partial charge in [0.15, 0.2) is 11.5 Å². The lowest BCUT2D eigenvalue weighted by Gasteiger charge is -2.17. The third-order valence-corrected chi connectivity index (χ3v) is 4.15. The van der Waals surface area contributed by atoms with Crippen LogP contribution in [0.3, 0.4) is 0 Å². The van der Waals surface area contributed by atoms with E-state index in [0.29, 0.717) is 0 Å². The summed E-state index contributed by atoms with van der Waals surface area (Å²) in [6, 6.07) is 12.2. The second-order valence-electron chi connectivity index (χ2n) is 5.66. The smallest absolute Gasteiger partial charge is 0.408 e. The summed E-state index contributed by atoms with van der Waals surface area (Å²) in [5.41, 5.74) is 0.746. The summed E-state index contributed by atoms with van der Waals surface area (Å²) in [4.78, 5) is 35.3. The number of alkyl carbamates (subject to hydrolysis) is 1. The average Bonchev–Trinajstić information content (AvgIpc) is 2.66. The largest absolute Gasteiger partial charge is 0.483 e. The van der Waals surface area contributed by atoms with Crippen LogP contribution in [0.15, 0.2) is 48.5 Å². The van der Waals surface area contributed by atoms with Gasteiger partial charge in [0.2, 0.25) is 0 Å². The van der Waals surface area contributed by atoms with E-state index in [9.17, 15) is 14.4 Å². The zero-order valence-electron chi connectivity index (χ0n) is 14.6. The number of hydrogen-bond acceptors (Lipinski definition) is 5. The van der Waals surface area contributed by atoms with Crippen molar-refractivity contribution in [1.29, 1.82) is 0 Å². The summed E-state index contributed by atoms with van der Waals surface area (Å²) in [5.74, 6) is -1.84. The van der Waals surface area contributed by atoms with Gasteiger partial charge in [-0.1, -0.05) is 59.6 Å². The summed E-state index contributed by atoms with van der Waals surface area (Å²) in [6.07, 6.45) is -1.54. The molecule has 0 saturated carbocycles. The standard InChI is InChI=1S/C19H17Cl2NO6/c20-13-7-4-8-14(21)18(13)27-11-16(23)15(9-17(24)25)22-19(26)28-10-12-5-2-1-3-6-12/h1-8,15H,9-11H2,(H,22,26)(H,24,25)/t15-/m0/s1. The highest BCUT2D eigenvalue weighted by molar-refractivity contribution is 6.37. The van der Waals surface area contributed by atoms with Gasteiger partial charge in [0.05, 0.1) is 16.5 Å². The van der Waals surface area contributed by atoms with Crippen molar-refractivity contribution < 1.29 is 29.0 Å². The van der Waals surface area contributed by atoms with Crippen LogP contribution in [0.1, 0.15) is 12.0 Å². The van der Waals surface area contributed by atoms with Gasteiger partial charge in [-0.2, -0.15) is 0 Å². The topological polar surface area (TPSA) is 102 Å². The van der Waals surface area contributed by atoms with E-state index in [2.05, 4.69) is 5.32 Å². The van der Waals surface area contributed by atoms with Crippen molar-refractivity contribution in [2.24, 2.45) is 0 Å². The van der Waals surface area contributed by atoms with E-state index in [4.69, 9.17) is 37.8 Å². The van der Waals surface area contributed by atoms with Crippen molar-refractivity contribution in [3.63, 3.8) is 0 Å². The number of benzene rings is 2. The Labute approximate surface area is 171 Å². The number of Topliss-reactive ketones (excluding diaryl/α,β-unsaturated/α-hetero) is 1. The van der Waals surface area contributed by atoms with E-state index in [0.717, 1.165) is 5.56 Å². The Kier molecular flexibility index (Phi) is 8.10. The maximum atomic E-state index is 12.3. The van der Waals surface area contributed by atoms with Crippen molar-refractivity contribution in [2.45, 2.75) is 19.1 Å². The summed E-state index contributed by atoms with van der Waals surface area (Å²) in [6.45, 7) is -0.549. The van der Waals surface area contributed by atoms with Gasteiger partial charge < -0.3 is 19.9 Å². The van der Waals surface area contributed by atoms with Crippen LogP contribution in [-0.4, -0.2) is 35.6 Å². The summed E-state index contributed by atoms with van der Waals surface area (Å²) in [5, 5.41) is 11.6. The van der Waals surface area contributed by atoms with Crippen LogP contribution in [0, 0.1) is 0 Å². The molecule has 0 bridgehead atoms. The molecule has 2 aromatic rings. The van der Waals surface area contributed by atoms with Gasteiger partial charge in [0.1, 0.15) is 19.3 Å². The first-order valence-electron chi connectivity index (χ1n) is 8.15. The molecule has 0 aliphatic carbocycles. The molecule has 9 heteroatoms. The minimum atomic E-state index is -1.33. The highest BCUT2D eigenvalue weighted by Gasteiger charge is 2.25. The molecule has 2 N–H and O–H groups in total. The molecule has 0 aliphatic rings. The number of halogens is 2. The monoisotopic (exact) mass is 425 g/mol. The average molecular weight is 426 g/mol. The quantitative estimate of drug-likeness (QED) is 0.634. The highest BCUT2D eigenvalue weighted by Crippen LogP contribution is 2.32. The number of ketones is 1. The molecule has 2 aromatic carbocycles. The Balaban J connectivity index is 1.94. The Bertz CT molecular complexity index is 823. The number of carbonyl (C=O) groups is 3. The minimum Gasteiger partial charge on any atom is -0.483 e. The molecule has 0 saturated heterocycles. The van der Waals surface area contributed by atoms with E-state index in [-0.39, 0.29) is 22.4 Å². The van der Waals surface area contributed by atoms with Crippen LogP contribution in [0.25, 0.3) is 0 Å². The number of carboxylic acids is 1. The zero-order chi connectivity index (χ0) is 20.5. The Morgan fingerprint density at radius 1 is 1.00 bits per heavy atom. The second-order valence-corrected chi connectivity index (χ2v) is 6.48. The molecule has 2 rings (SSSR count). The lowest BCUT2D eigenvalue weighted by Crippen LogP contribution is -2.44. The summed E-state index contributed by atoms with van der Waals surface area (Å²) < 4.78 is 10.3. The first kappa shape index (κ1) is 21.5. The van der Waals surface area contributed by atoms with Crippen molar-refractivity contribution in [3.05, 3.63) is 64.1 Å². The van der Waals surface area contributed by atoms with Crippen LogP contribution in [0.5, 0.6) is 5.75 Å². The second kappa shape index (κ2) is 10.5. The minimum absolute atomic E-state index is 0.0214. The van der Waals surface area contributed by atoms with Gasteiger partial charge >= 0.3 is 12.1 Å². The van der Waals surface area contributed by atoms with E-state index < -0.39 is 36.9 Å². The fourth-order valence-corrected chi connectivity index (χ4v) is 2.70. The molecule has 7 nitrogen and oxygen atoms in total.